The fourth-order valence-electron chi connectivity index (χ4n) is 2.23. The Labute approximate surface area is 136 Å². The van der Waals surface area contributed by atoms with Gasteiger partial charge in [-0.25, -0.2) is 0 Å². The summed E-state index contributed by atoms with van der Waals surface area (Å²) in [7, 11) is 3.15. The van der Waals surface area contributed by atoms with Crippen LogP contribution >= 0.6 is 24.0 Å². The molecule has 0 radical (unpaired) electrons. The van der Waals surface area contributed by atoms with Crippen molar-refractivity contribution in [3.05, 3.63) is 29.8 Å². The van der Waals surface area contributed by atoms with E-state index in [0.29, 0.717) is 13.0 Å². The van der Waals surface area contributed by atoms with E-state index in [2.05, 4.69) is 38.1 Å². The van der Waals surface area contributed by atoms with Gasteiger partial charge in [-0.05, 0) is 18.1 Å². The first-order valence-electron chi connectivity index (χ1n) is 6.39. The minimum Gasteiger partial charge on any atom is -0.469 e. The summed E-state index contributed by atoms with van der Waals surface area (Å²) < 4.78 is 4.61. The van der Waals surface area contributed by atoms with Crippen LogP contribution in [0, 0.1) is 0 Å². The maximum absolute atomic E-state index is 11.1. The Morgan fingerprint density at radius 1 is 1.45 bits per heavy atom. The number of halogens is 1. The van der Waals surface area contributed by atoms with Crippen molar-refractivity contribution in [2.45, 2.75) is 12.8 Å². The van der Waals surface area contributed by atoms with Gasteiger partial charge >= 0.3 is 5.97 Å². The summed E-state index contributed by atoms with van der Waals surface area (Å²) in [6.45, 7) is 1.44. The molecule has 1 aromatic carbocycles. The number of nitrogens with zero attached hydrogens (tertiary/aromatic N) is 2. The number of para-hydroxylation sites is 1. The number of guanidine groups is 1. The average molecular weight is 389 g/mol. The summed E-state index contributed by atoms with van der Waals surface area (Å²) in [5, 5.41) is 3.19. The largest absolute Gasteiger partial charge is 0.469 e. The SMILES string of the molecule is CN=C(NCCC(=O)OC)N1CCc2ccccc21.I. The number of fused-ring (bicyclic) bond motifs is 1. The molecule has 0 spiro atoms. The number of methoxy groups -OCH3 is 1. The van der Waals surface area contributed by atoms with E-state index in [1.807, 2.05) is 6.07 Å². The van der Waals surface area contributed by atoms with Crippen LogP contribution in [0.2, 0.25) is 0 Å². The lowest BCUT2D eigenvalue weighted by Crippen LogP contribution is -2.41. The van der Waals surface area contributed by atoms with Crippen LogP contribution in [0.3, 0.4) is 0 Å². The fourth-order valence-corrected chi connectivity index (χ4v) is 2.23. The van der Waals surface area contributed by atoms with Gasteiger partial charge < -0.3 is 15.0 Å². The third-order valence-corrected chi connectivity index (χ3v) is 3.19. The molecule has 0 fully saturated rings. The molecule has 1 aliphatic rings. The zero-order valence-electron chi connectivity index (χ0n) is 11.8. The van der Waals surface area contributed by atoms with E-state index >= 15 is 0 Å². The molecule has 2 rings (SSSR count). The molecule has 20 heavy (non-hydrogen) atoms. The van der Waals surface area contributed by atoms with E-state index in [0.717, 1.165) is 18.9 Å². The summed E-state index contributed by atoms with van der Waals surface area (Å²) in [5.74, 6) is 0.582. The Morgan fingerprint density at radius 2 is 2.20 bits per heavy atom. The smallest absolute Gasteiger partial charge is 0.307 e. The van der Waals surface area contributed by atoms with Crippen LogP contribution in [-0.4, -0.2) is 39.2 Å². The number of esters is 1. The van der Waals surface area contributed by atoms with Crippen molar-refractivity contribution < 1.29 is 9.53 Å². The number of rotatable bonds is 3. The van der Waals surface area contributed by atoms with Crippen molar-refractivity contribution in [1.82, 2.24) is 5.32 Å². The molecule has 1 aromatic rings. The van der Waals surface area contributed by atoms with Crippen molar-refractivity contribution in [2.75, 3.05) is 32.1 Å². The highest BCUT2D eigenvalue weighted by molar-refractivity contribution is 14.0. The Balaban J connectivity index is 0.00000200. The summed E-state index contributed by atoms with van der Waals surface area (Å²) in [4.78, 5) is 17.5. The van der Waals surface area contributed by atoms with Crippen LogP contribution in [-0.2, 0) is 16.0 Å². The molecule has 0 bridgehead atoms. The van der Waals surface area contributed by atoms with Gasteiger partial charge in [-0.1, -0.05) is 18.2 Å². The average Bonchev–Trinajstić information content (AvgIpc) is 2.87. The van der Waals surface area contributed by atoms with E-state index in [9.17, 15) is 4.79 Å². The molecular weight excluding hydrogens is 369 g/mol. The lowest BCUT2D eigenvalue weighted by atomic mass is 10.2. The zero-order valence-corrected chi connectivity index (χ0v) is 14.1. The molecular formula is C14H20IN3O2. The van der Waals surface area contributed by atoms with E-state index in [4.69, 9.17) is 0 Å². The number of anilines is 1. The standard InChI is InChI=1S/C14H19N3O2.HI/c1-15-14(16-9-7-13(18)19-2)17-10-8-11-5-3-4-6-12(11)17;/h3-6H,7-10H2,1-2H3,(H,15,16);1H. The van der Waals surface area contributed by atoms with Gasteiger partial charge in [-0.15, -0.1) is 24.0 Å². The van der Waals surface area contributed by atoms with Crippen LogP contribution < -0.4 is 10.2 Å². The first kappa shape index (κ1) is 16.7. The zero-order chi connectivity index (χ0) is 13.7. The molecule has 1 aliphatic heterocycles. The molecule has 0 saturated carbocycles. The first-order valence-corrected chi connectivity index (χ1v) is 6.39. The number of carbonyl (C=O) groups is 1. The summed E-state index contributed by atoms with van der Waals surface area (Å²) >= 11 is 0. The van der Waals surface area contributed by atoms with Gasteiger partial charge in [-0.2, -0.15) is 0 Å². The van der Waals surface area contributed by atoms with Crippen LogP contribution in [0.15, 0.2) is 29.3 Å². The molecule has 0 amide bonds. The van der Waals surface area contributed by atoms with Gasteiger partial charge in [0, 0.05) is 25.8 Å². The molecule has 0 unspecified atom stereocenters. The Kier molecular flexibility index (Phi) is 6.77. The van der Waals surface area contributed by atoms with Gasteiger partial charge in [0.2, 0.25) is 0 Å². The Morgan fingerprint density at radius 3 is 2.90 bits per heavy atom. The molecule has 110 valence electrons. The molecule has 0 aromatic heterocycles. The second-order valence-electron chi connectivity index (χ2n) is 4.33. The number of hydrogen-bond acceptors (Lipinski definition) is 3. The Hall–Kier alpha value is -1.31. The first-order chi connectivity index (χ1) is 9.26. The molecule has 0 aliphatic carbocycles. The van der Waals surface area contributed by atoms with Crippen molar-refractivity contribution in [1.29, 1.82) is 0 Å². The van der Waals surface area contributed by atoms with Crippen LogP contribution in [0.5, 0.6) is 0 Å². The monoisotopic (exact) mass is 389 g/mol. The van der Waals surface area contributed by atoms with Crippen molar-refractivity contribution in [3.8, 4) is 0 Å². The van der Waals surface area contributed by atoms with Crippen molar-refractivity contribution in [2.24, 2.45) is 4.99 Å². The Bertz CT molecular complexity index is 491. The molecule has 6 heteroatoms. The lowest BCUT2D eigenvalue weighted by molar-refractivity contribution is -0.140. The number of benzene rings is 1. The van der Waals surface area contributed by atoms with Crippen LogP contribution in [0.4, 0.5) is 5.69 Å². The third kappa shape index (κ3) is 3.84. The minimum absolute atomic E-state index is 0. The van der Waals surface area contributed by atoms with Gasteiger partial charge in [0.1, 0.15) is 0 Å². The van der Waals surface area contributed by atoms with Gasteiger partial charge in [0.15, 0.2) is 5.96 Å². The quantitative estimate of drug-likeness (QED) is 0.371. The number of aliphatic imine (C=N–C) groups is 1. The highest BCUT2D eigenvalue weighted by atomic mass is 127. The second-order valence-corrected chi connectivity index (χ2v) is 4.33. The van der Waals surface area contributed by atoms with Gasteiger partial charge in [-0.3, -0.25) is 9.79 Å². The number of carbonyl (C=O) groups excluding carboxylic acids is 1. The highest BCUT2D eigenvalue weighted by Gasteiger charge is 2.22. The minimum atomic E-state index is -0.218. The highest BCUT2D eigenvalue weighted by Crippen LogP contribution is 2.27. The second kappa shape index (κ2) is 8.08. The summed E-state index contributed by atoms with van der Waals surface area (Å²) in [6.07, 6.45) is 1.36. The number of hydrogen-bond donors (Lipinski definition) is 1. The van der Waals surface area contributed by atoms with E-state index in [1.54, 1.807) is 7.05 Å². The van der Waals surface area contributed by atoms with E-state index < -0.39 is 0 Å². The predicted octanol–water partition coefficient (Wildman–Crippen LogP) is 1.81. The van der Waals surface area contributed by atoms with Gasteiger partial charge in [0.25, 0.3) is 0 Å². The summed E-state index contributed by atoms with van der Waals surface area (Å²) in [6, 6.07) is 8.31. The van der Waals surface area contributed by atoms with E-state index in [1.165, 1.54) is 18.4 Å². The van der Waals surface area contributed by atoms with Crippen molar-refractivity contribution in [3.63, 3.8) is 0 Å². The van der Waals surface area contributed by atoms with E-state index in [-0.39, 0.29) is 29.9 Å². The molecule has 0 atom stereocenters. The van der Waals surface area contributed by atoms with Gasteiger partial charge in [0.05, 0.1) is 13.5 Å². The predicted molar refractivity (Wildman–Crippen MR) is 90.9 cm³/mol. The summed E-state index contributed by atoms with van der Waals surface area (Å²) in [5.41, 5.74) is 2.52. The number of ether oxygens (including phenoxy) is 1. The fraction of sp³-hybridized carbons (Fsp3) is 0.429. The van der Waals surface area contributed by atoms with Crippen LogP contribution in [0.25, 0.3) is 0 Å². The maximum Gasteiger partial charge on any atom is 0.307 e. The topological polar surface area (TPSA) is 53.9 Å². The third-order valence-electron chi connectivity index (χ3n) is 3.19. The molecule has 1 N–H and O–H groups in total. The molecule has 1 heterocycles. The lowest BCUT2D eigenvalue weighted by Gasteiger charge is -2.22. The molecule has 0 saturated heterocycles. The maximum atomic E-state index is 11.1. The van der Waals surface area contributed by atoms with Crippen molar-refractivity contribution >= 4 is 41.6 Å². The molecule has 5 nitrogen and oxygen atoms in total. The normalized spacial score (nSPS) is 13.5. The van der Waals surface area contributed by atoms with Crippen LogP contribution in [0.1, 0.15) is 12.0 Å². The number of nitrogens with one attached hydrogen (secondary N) is 1.